The summed E-state index contributed by atoms with van der Waals surface area (Å²) in [5.74, 6) is 0. The van der Waals surface area contributed by atoms with Gasteiger partial charge in [-0.25, -0.2) is 0 Å². The van der Waals surface area contributed by atoms with Gasteiger partial charge in [0, 0.05) is 4.47 Å². The molecule has 18 heavy (non-hydrogen) atoms. The number of benzene rings is 1. The summed E-state index contributed by atoms with van der Waals surface area (Å²) in [4.78, 5) is 0. The van der Waals surface area contributed by atoms with E-state index in [2.05, 4.69) is 22.0 Å². The van der Waals surface area contributed by atoms with Crippen molar-refractivity contribution >= 4 is 27.5 Å². The quantitative estimate of drug-likeness (QED) is 0.724. The second kappa shape index (κ2) is 6.74. The summed E-state index contributed by atoms with van der Waals surface area (Å²) in [7, 11) is 0. The molecule has 0 saturated heterocycles. The van der Waals surface area contributed by atoms with Crippen molar-refractivity contribution < 1.29 is 0 Å². The van der Waals surface area contributed by atoms with Gasteiger partial charge in [0.25, 0.3) is 0 Å². The molecule has 1 aromatic carbocycles. The minimum absolute atomic E-state index is 0.0619. The number of halogens is 2. The van der Waals surface area contributed by atoms with Crippen LogP contribution in [0.2, 0.25) is 5.02 Å². The summed E-state index contributed by atoms with van der Waals surface area (Å²) in [5.41, 5.74) is 8.75. The molecular formula is C15H19BrClN. The average molecular weight is 329 g/mol. The highest BCUT2D eigenvalue weighted by atomic mass is 79.9. The maximum atomic E-state index is 6.39. The SMILES string of the molecule is NC(/C1=C/CCCCCC1)c1cccc(Br)c1Cl. The first-order valence-electron chi connectivity index (χ1n) is 6.58. The van der Waals surface area contributed by atoms with Crippen molar-refractivity contribution in [2.24, 2.45) is 5.73 Å². The molecule has 1 nitrogen and oxygen atoms in total. The monoisotopic (exact) mass is 327 g/mol. The smallest absolute Gasteiger partial charge is 0.0599 e. The second-order valence-corrected chi connectivity index (χ2v) is 6.08. The number of nitrogens with two attached hydrogens (primary N) is 1. The minimum atomic E-state index is -0.0619. The summed E-state index contributed by atoms with van der Waals surface area (Å²) in [6.07, 6.45) is 9.75. The molecule has 0 bridgehead atoms. The van der Waals surface area contributed by atoms with Crippen LogP contribution < -0.4 is 5.73 Å². The first kappa shape index (κ1) is 14.1. The highest BCUT2D eigenvalue weighted by Gasteiger charge is 2.16. The Labute approximate surface area is 123 Å². The van der Waals surface area contributed by atoms with E-state index in [4.69, 9.17) is 17.3 Å². The highest BCUT2D eigenvalue weighted by molar-refractivity contribution is 9.10. The van der Waals surface area contributed by atoms with Crippen molar-refractivity contribution in [1.82, 2.24) is 0 Å². The molecule has 1 atom stereocenters. The van der Waals surface area contributed by atoms with Gasteiger partial charge >= 0.3 is 0 Å². The number of allylic oxidation sites excluding steroid dienone is 1. The van der Waals surface area contributed by atoms with Crippen molar-refractivity contribution in [2.75, 3.05) is 0 Å². The van der Waals surface area contributed by atoms with E-state index in [0.29, 0.717) is 0 Å². The first-order chi connectivity index (χ1) is 8.70. The molecule has 2 rings (SSSR count). The number of hydrogen-bond donors (Lipinski definition) is 1. The van der Waals surface area contributed by atoms with Gasteiger partial charge < -0.3 is 5.73 Å². The van der Waals surface area contributed by atoms with E-state index in [0.717, 1.165) is 27.9 Å². The molecule has 1 unspecified atom stereocenters. The molecule has 1 aromatic rings. The van der Waals surface area contributed by atoms with Gasteiger partial charge in [0.2, 0.25) is 0 Å². The molecule has 3 heteroatoms. The normalized spacial score (nSPS) is 21.6. The van der Waals surface area contributed by atoms with E-state index in [1.54, 1.807) is 0 Å². The first-order valence-corrected chi connectivity index (χ1v) is 7.75. The predicted molar refractivity (Wildman–Crippen MR) is 81.9 cm³/mol. The van der Waals surface area contributed by atoms with Crippen LogP contribution in [0, 0.1) is 0 Å². The molecular weight excluding hydrogens is 310 g/mol. The fourth-order valence-corrected chi connectivity index (χ4v) is 3.08. The Kier molecular flexibility index (Phi) is 5.28. The Morgan fingerprint density at radius 1 is 1.17 bits per heavy atom. The van der Waals surface area contributed by atoms with E-state index in [-0.39, 0.29) is 6.04 Å². The lowest BCUT2D eigenvalue weighted by atomic mass is 9.91. The average Bonchev–Trinajstić information content (AvgIpc) is 2.31. The molecule has 0 saturated carbocycles. The van der Waals surface area contributed by atoms with Gasteiger partial charge in [0.15, 0.2) is 0 Å². The Morgan fingerprint density at radius 3 is 2.78 bits per heavy atom. The van der Waals surface area contributed by atoms with Gasteiger partial charge in [-0.05, 0) is 53.2 Å². The molecule has 1 aliphatic rings. The Hall–Kier alpha value is -0.310. The Balaban J connectivity index is 2.23. The van der Waals surface area contributed by atoms with Crippen LogP contribution in [0.15, 0.2) is 34.3 Å². The number of rotatable bonds is 2. The molecule has 0 fully saturated rings. The van der Waals surface area contributed by atoms with Crippen LogP contribution in [0.25, 0.3) is 0 Å². The summed E-state index contributed by atoms with van der Waals surface area (Å²) in [5, 5.41) is 0.743. The Bertz CT molecular complexity index is 442. The summed E-state index contributed by atoms with van der Waals surface area (Å²) >= 11 is 9.79. The molecule has 0 aromatic heterocycles. The lowest BCUT2D eigenvalue weighted by molar-refractivity contribution is 0.602. The molecule has 0 amide bonds. The summed E-state index contributed by atoms with van der Waals surface area (Å²) < 4.78 is 0.920. The molecule has 0 aliphatic heterocycles. The second-order valence-electron chi connectivity index (χ2n) is 4.85. The van der Waals surface area contributed by atoms with Gasteiger partial charge in [-0.1, -0.05) is 48.2 Å². The molecule has 0 radical (unpaired) electrons. The fourth-order valence-electron chi connectivity index (χ4n) is 2.46. The van der Waals surface area contributed by atoms with Gasteiger partial charge in [-0.3, -0.25) is 0 Å². The van der Waals surface area contributed by atoms with E-state index >= 15 is 0 Å². The van der Waals surface area contributed by atoms with Crippen LogP contribution in [0.3, 0.4) is 0 Å². The predicted octanol–water partition coefficient (Wildman–Crippen LogP) is 5.38. The Morgan fingerprint density at radius 2 is 1.94 bits per heavy atom. The van der Waals surface area contributed by atoms with Gasteiger partial charge in [-0.15, -0.1) is 0 Å². The van der Waals surface area contributed by atoms with Crippen molar-refractivity contribution in [2.45, 2.75) is 44.6 Å². The van der Waals surface area contributed by atoms with Crippen LogP contribution in [-0.2, 0) is 0 Å². The fraction of sp³-hybridized carbons (Fsp3) is 0.467. The standard InChI is InChI=1S/C15H19BrClN/c16-13-10-6-9-12(14(13)17)15(18)11-7-4-2-1-3-5-8-11/h6-7,9-10,15H,1-5,8,18H2/b11-7+. The van der Waals surface area contributed by atoms with Crippen LogP contribution in [-0.4, -0.2) is 0 Å². The number of hydrogen-bond acceptors (Lipinski definition) is 1. The van der Waals surface area contributed by atoms with Crippen molar-refractivity contribution in [3.63, 3.8) is 0 Å². The van der Waals surface area contributed by atoms with Crippen LogP contribution in [0.5, 0.6) is 0 Å². The third kappa shape index (κ3) is 3.37. The molecule has 98 valence electrons. The van der Waals surface area contributed by atoms with Gasteiger partial charge in [0.05, 0.1) is 11.1 Å². The zero-order valence-corrected chi connectivity index (χ0v) is 12.8. The topological polar surface area (TPSA) is 26.0 Å². The van der Waals surface area contributed by atoms with Gasteiger partial charge in [-0.2, -0.15) is 0 Å². The third-order valence-electron chi connectivity index (χ3n) is 3.54. The van der Waals surface area contributed by atoms with E-state index in [1.807, 2.05) is 18.2 Å². The lowest BCUT2D eigenvalue weighted by Crippen LogP contribution is -2.14. The summed E-state index contributed by atoms with van der Waals surface area (Å²) in [6.45, 7) is 0. The molecule has 0 spiro atoms. The van der Waals surface area contributed by atoms with Crippen LogP contribution >= 0.6 is 27.5 Å². The van der Waals surface area contributed by atoms with Crippen molar-refractivity contribution in [1.29, 1.82) is 0 Å². The zero-order chi connectivity index (χ0) is 13.0. The van der Waals surface area contributed by atoms with Crippen molar-refractivity contribution in [3.05, 3.63) is 44.9 Å². The van der Waals surface area contributed by atoms with Crippen molar-refractivity contribution in [3.8, 4) is 0 Å². The summed E-state index contributed by atoms with van der Waals surface area (Å²) in [6, 6.07) is 5.91. The highest BCUT2D eigenvalue weighted by Crippen LogP contribution is 2.34. The molecule has 0 heterocycles. The van der Waals surface area contributed by atoms with Crippen LogP contribution in [0.1, 0.15) is 50.1 Å². The van der Waals surface area contributed by atoms with Gasteiger partial charge in [0.1, 0.15) is 0 Å². The molecule has 2 N–H and O–H groups in total. The third-order valence-corrected chi connectivity index (χ3v) is 4.85. The van der Waals surface area contributed by atoms with Crippen LogP contribution in [0.4, 0.5) is 0 Å². The zero-order valence-electron chi connectivity index (χ0n) is 10.5. The largest absolute Gasteiger partial charge is 0.320 e. The maximum Gasteiger partial charge on any atom is 0.0599 e. The molecule has 1 aliphatic carbocycles. The lowest BCUT2D eigenvalue weighted by Gasteiger charge is -2.20. The maximum absolute atomic E-state index is 6.39. The minimum Gasteiger partial charge on any atom is -0.320 e. The van der Waals surface area contributed by atoms with E-state index in [9.17, 15) is 0 Å². The van der Waals surface area contributed by atoms with E-state index < -0.39 is 0 Å². The van der Waals surface area contributed by atoms with E-state index in [1.165, 1.54) is 31.3 Å².